The maximum absolute atomic E-state index is 12.4. The Kier molecular flexibility index (Phi) is 3.15. The van der Waals surface area contributed by atoms with E-state index in [1.54, 1.807) is 0 Å². The van der Waals surface area contributed by atoms with Gasteiger partial charge in [-0.25, -0.2) is 0 Å². The van der Waals surface area contributed by atoms with E-state index < -0.39 is 0 Å². The van der Waals surface area contributed by atoms with E-state index in [4.69, 9.17) is 0 Å². The molecule has 0 amide bonds. The smallest absolute Gasteiger partial charge is 0.201 e. The van der Waals surface area contributed by atoms with Crippen LogP contribution in [0.5, 0.6) is 0 Å². The highest BCUT2D eigenvalue weighted by Gasteiger charge is 2.61. The summed E-state index contributed by atoms with van der Waals surface area (Å²) in [6.07, 6.45) is 7.50. The largest absolute Gasteiger partial charge is 0.393 e. The molecule has 0 aromatic carbocycles. The molecule has 3 heteroatoms. The van der Waals surface area contributed by atoms with Gasteiger partial charge in [-0.1, -0.05) is 13.8 Å². The van der Waals surface area contributed by atoms with E-state index in [-0.39, 0.29) is 34.4 Å². The number of fused-ring (bicyclic) bond motifs is 5. The number of hydrogen-bond donors (Lipinski definition) is 1. The van der Waals surface area contributed by atoms with Gasteiger partial charge in [-0.05, 0) is 73.5 Å². The highest BCUT2D eigenvalue weighted by molar-refractivity contribution is 6.38. The summed E-state index contributed by atoms with van der Waals surface area (Å²) >= 11 is 0. The highest BCUT2D eigenvalue weighted by Crippen LogP contribution is 2.65. The highest BCUT2D eigenvalue weighted by atomic mass is 16.3. The summed E-state index contributed by atoms with van der Waals surface area (Å²) in [5, 5.41) is 10.4. The first kappa shape index (κ1) is 14.9. The molecule has 0 bridgehead atoms. The van der Waals surface area contributed by atoms with Crippen LogP contribution in [0.15, 0.2) is 0 Å². The number of carbonyl (C=O) groups excluding carboxylic acids is 2. The normalized spacial score (nSPS) is 54.6. The Morgan fingerprint density at radius 2 is 1.64 bits per heavy atom. The lowest BCUT2D eigenvalue weighted by Crippen LogP contribution is -2.56. The second-order valence-corrected chi connectivity index (χ2v) is 8.94. The molecule has 122 valence electrons. The van der Waals surface area contributed by atoms with Gasteiger partial charge in [0.1, 0.15) is 0 Å². The Hall–Kier alpha value is -0.700. The van der Waals surface area contributed by atoms with Crippen LogP contribution < -0.4 is 0 Å². The number of hydrogen-bond acceptors (Lipinski definition) is 3. The van der Waals surface area contributed by atoms with E-state index in [2.05, 4.69) is 13.8 Å². The van der Waals surface area contributed by atoms with Gasteiger partial charge in [-0.2, -0.15) is 0 Å². The lowest BCUT2D eigenvalue weighted by molar-refractivity contribution is -0.159. The van der Waals surface area contributed by atoms with Crippen LogP contribution in [0.25, 0.3) is 0 Å². The van der Waals surface area contributed by atoms with E-state index in [1.165, 1.54) is 0 Å². The third-order valence-corrected chi connectivity index (χ3v) is 8.30. The molecule has 0 aliphatic heterocycles. The van der Waals surface area contributed by atoms with Crippen molar-refractivity contribution in [1.82, 2.24) is 0 Å². The third-order valence-electron chi connectivity index (χ3n) is 8.30. The summed E-state index contributed by atoms with van der Waals surface area (Å²) < 4.78 is 0. The van der Waals surface area contributed by atoms with Crippen LogP contribution in [0.1, 0.15) is 65.2 Å². The SMILES string of the molecule is C[C@]12CC[C@H]3[C@@H](CCC4C(=O)C(=O)CC[C@@]43C)[C@@H]1CC[C@@H]2O. The molecule has 0 aromatic heterocycles. The predicted molar refractivity (Wildman–Crippen MR) is 83.1 cm³/mol. The minimum absolute atomic E-state index is 0.0225. The van der Waals surface area contributed by atoms with Crippen molar-refractivity contribution in [3.05, 3.63) is 0 Å². The van der Waals surface area contributed by atoms with E-state index in [1.807, 2.05) is 0 Å². The number of aliphatic hydroxyl groups is 1. The lowest BCUT2D eigenvalue weighted by atomic mass is 9.45. The average molecular weight is 304 g/mol. The molecule has 4 aliphatic rings. The zero-order valence-electron chi connectivity index (χ0n) is 13.8. The van der Waals surface area contributed by atoms with E-state index in [9.17, 15) is 14.7 Å². The fraction of sp³-hybridized carbons (Fsp3) is 0.895. The number of ketones is 2. The van der Waals surface area contributed by atoms with E-state index >= 15 is 0 Å². The third kappa shape index (κ3) is 1.72. The van der Waals surface area contributed by atoms with Crippen LogP contribution in [0.4, 0.5) is 0 Å². The van der Waals surface area contributed by atoms with Gasteiger partial charge in [0.25, 0.3) is 0 Å². The molecule has 0 radical (unpaired) electrons. The molecule has 0 aromatic rings. The summed E-state index contributed by atoms with van der Waals surface area (Å²) in [6.45, 7) is 4.57. The summed E-state index contributed by atoms with van der Waals surface area (Å²) in [6, 6.07) is 0. The number of Topliss-reactive ketones (excluding diaryl/α,β-unsaturated/α-hetero) is 2. The molecule has 0 heterocycles. The maximum atomic E-state index is 12.4. The van der Waals surface area contributed by atoms with Gasteiger partial charge in [0.05, 0.1) is 6.10 Å². The molecular weight excluding hydrogens is 276 g/mol. The molecule has 0 spiro atoms. The van der Waals surface area contributed by atoms with Crippen LogP contribution in [-0.4, -0.2) is 22.8 Å². The molecule has 4 rings (SSSR count). The first-order valence-electron chi connectivity index (χ1n) is 9.13. The van der Waals surface area contributed by atoms with Crippen molar-refractivity contribution in [2.45, 2.75) is 71.3 Å². The number of aliphatic hydroxyl groups excluding tert-OH is 1. The molecule has 4 saturated carbocycles. The zero-order valence-corrected chi connectivity index (χ0v) is 13.8. The van der Waals surface area contributed by atoms with Gasteiger partial charge in [-0.15, -0.1) is 0 Å². The summed E-state index contributed by atoms with van der Waals surface area (Å²) in [5.74, 6) is 1.62. The van der Waals surface area contributed by atoms with Crippen molar-refractivity contribution < 1.29 is 14.7 Å². The molecule has 22 heavy (non-hydrogen) atoms. The van der Waals surface area contributed by atoms with Crippen molar-refractivity contribution in [2.24, 2.45) is 34.5 Å². The zero-order chi connectivity index (χ0) is 15.7. The van der Waals surface area contributed by atoms with Crippen molar-refractivity contribution >= 4 is 11.6 Å². The summed E-state index contributed by atoms with van der Waals surface area (Å²) in [7, 11) is 0. The minimum Gasteiger partial charge on any atom is -0.393 e. The molecule has 3 nitrogen and oxygen atoms in total. The van der Waals surface area contributed by atoms with Crippen LogP contribution in [0.2, 0.25) is 0 Å². The topological polar surface area (TPSA) is 54.4 Å². The van der Waals surface area contributed by atoms with Crippen molar-refractivity contribution in [3.63, 3.8) is 0 Å². The van der Waals surface area contributed by atoms with Crippen molar-refractivity contribution in [2.75, 3.05) is 0 Å². The Morgan fingerprint density at radius 1 is 0.909 bits per heavy atom. The van der Waals surface area contributed by atoms with Crippen LogP contribution in [0.3, 0.4) is 0 Å². The van der Waals surface area contributed by atoms with Gasteiger partial charge in [0.2, 0.25) is 5.78 Å². The Balaban J connectivity index is 1.67. The monoisotopic (exact) mass is 304 g/mol. The maximum Gasteiger partial charge on any atom is 0.201 e. The average Bonchev–Trinajstić information content (AvgIpc) is 2.79. The van der Waals surface area contributed by atoms with E-state index in [0.29, 0.717) is 24.2 Å². The van der Waals surface area contributed by atoms with Gasteiger partial charge in [0, 0.05) is 12.3 Å². The number of carbonyl (C=O) groups is 2. The Labute approximate surface area is 132 Å². The minimum atomic E-state index is -0.140. The van der Waals surface area contributed by atoms with Crippen molar-refractivity contribution in [1.29, 1.82) is 0 Å². The van der Waals surface area contributed by atoms with Crippen LogP contribution >= 0.6 is 0 Å². The van der Waals surface area contributed by atoms with E-state index in [0.717, 1.165) is 44.9 Å². The summed E-state index contributed by atoms with van der Waals surface area (Å²) in [5.41, 5.74) is 0.127. The lowest BCUT2D eigenvalue weighted by Gasteiger charge is -2.59. The Morgan fingerprint density at radius 3 is 2.41 bits per heavy atom. The fourth-order valence-electron chi connectivity index (χ4n) is 6.92. The second kappa shape index (κ2) is 4.66. The van der Waals surface area contributed by atoms with Gasteiger partial charge >= 0.3 is 0 Å². The molecule has 4 fully saturated rings. The standard InChI is InChI=1S/C19H28O3/c1-18-10-8-15(20)17(22)14(18)4-3-11-12-5-6-16(21)19(12,2)9-7-13(11)18/h11-14,16,21H,3-10H2,1-2H3/t11-,12-,13-,14?,16-,18+,19-/m0/s1. The van der Waals surface area contributed by atoms with Gasteiger partial charge in [-0.3, -0.25) is 9.59 Å². The Bertz CT molecular complexity index is 527. The molecule has 1 unspecified atom stereocenters. The second-order valence-electron chi connectivity index (χ2n) is 8.94. The summed E-state index contributed by atoms with van der Waals surface area (Å²) in [4.78, 5) is 24.2. The molecule has 7 atom stereocenters. The van der Waals surface area contributed by atoms with Crippen LogP contribution in [0, 0.1) is 34.5 Å². The van der Waals surface area contributed by atoms with Gasteiger partial charge in [0.15, 0.2) is 5.78 Å². The van der Waals surface area contributed by atoms with Gasteiger partial charge < -0.3 is 5.11 Å². The van der Waals surface area contributed by atoms with Crippen molar-refractivity contribution in [3.8, 4) is 0 Å². The quantitative estimate of drug-likeness (QED) is 0.700. The van der Waals surface area contributed by atoms with Crippen LogP contribution in [-0.2, 0) is 9.59 Å². The first-order chi connectivity index (χ1) is 10.4. The predicted octanol–water partition coefficient (Wildman–Crippen LogP) is 3.14. The molecule has 4 aliphatic carbocycles. The molecule has 1 N–H and O–H groups in total. The molecular formula is C19H28O3. The first-order valence-corrected chi connectivity index (χ1v) is 9.13. The number of rotatable bonds is 0. The fourth-order valence-corrected chi connectivity index (χ4v) is 6.92. The molecule has 0 saturated heterocycles.